The second-order valence-corrected chi connectivity index (χ2v) is 13.6. The van der Waals surface area contributed by atoms with E-state index in [0.717, 1.165) is 43.4 Å². The van der Waals surface area contributed by atoms with Gasteiger partial charge in [0.1, 0.15) is 6.61 Å². The van der Waals surface area contributed by atoms with Gasteiger partial charge in [0.2, 0.25) is 5.91 Å². The largest absolute Gasteiger partial charge is 0.447 e. The molecule has 0 radical (unpaired) electrons. The van der Waals surface area contributed by atoms with Gasteiger partial charge in [-0.25, -0.2) is 4.79 Å². The van der Waals surface area contributed by atoms with E-state index < -0.39 is 6.09 Å². The lowest BCUT2D eigenvalue weighted by molar-refractivity contribution is -0.133. The monoisotopic (exact) mass is 530 g/mol. The molecule has 5 aliphatic rings. The summed E-state index contributed by atoms with van der Waals surface area (Å²) in [6.07, 6.45) is 12.9. The average Bonchev–Trinajstić information content (AvgIpc) is 3.28. The first-order valence-electron chi connectivity index (χ1n) is 15.3. The van der Waals surface area contributed by atoms with Crippen LogP contribution in [-0.2, 0) is 9.53 Å². The van der Waals surface area contributed by atoms with Gasteiger partial charge in [-0.3, -0.25) is 4.79 Å². The number of ether oxygens (including phenoxy) is 1. The molecule has 0 bridgehead atoms. The van der Waals surface area contributed by atoms with Crippen LogP contribution in [0.5, 0.6) is 0 Å². The van der Waals surface area contributed by atoms with Crippen LogP contribution in [0.4, 0.5) is 4.79 Å². The lowest BCUT2D eigenvalue weighted by Crippen LogP contribution is -2.51. The van der Waals surface area contributed by atoms with Crippen molar-refractivity contribution < 1.29 is 24.5 Å². The van der Waals surface area contributed by atoms with Gasteiger partial charge in [0.25, 0.3) is 0 Å². The second kappa shape index (κ2) is 11.1. The number of fused-ring (bicyclic) bond motifs is 5. The maximum Gasteiger partial charge on any atom is 0.409 e. The van der Waals surface area contributed by atoms with E-state index in [1.807, 2.05) is 4.90 Å². The molecule has 8 atom stereocenters. The molecule has 0 aromatic rings. The fraction of sp³-hybridized carbons (Fsp3) is 0.871. The van der Waals surface area contributed by atoms with Crippen molar-refractivity contribution in [3.05, 3.63) is 11.6 Å². The van der Waals surface area contributed by atoms with Gasteiger partial charge in [-0.2, -0.15) is 0 Å². The molecular weight excluding hydrogens is 480 g/mol. The van der Waals surface area contributed by atoms with Gasteiger partial charge in [-0.15, -0.1) is 0 Å². The van der Waals surface area contributed by atoms with Crippen molar-refractivity contribution in [2.24, 2.45) is 40.4 Å². The van der Waals surface area contributed by atoms with Crippen molar-refractivity contribution in [1.29, 1.82) is 0 Å². The van der Waals surface area contributed by atoms with Gasteiger partial charge < -0.3 is 24.7 Å². The summed E-state index contributed by atoms with van der Waals surface area (Å²) in [5.41, 5.74) is 2.21. The number of carbonyl (C=O) groups excluding carboxylic acids is 2. The molecule has 2 N–H and O–H groups in total. The highest BCUT2D eigenvalue weighted by Crippen LogP contribution is 2.67. The molecule has 5 rings (SSSR count). The Labute approximate surface area is 229 Å². The van der Waals surface area contributed by atoms with Gasteiger partial charge >= 0.3 is 6.09 Å². The van der Waals surface area contributed by atoms with Crippen LogP contribution in [0.1, 0.15) is 85.0 Å². The first-order valence-corrected chi connectivity index (χ1v) is 15.3. The number of hydrogen-bond donors (Lipinski definition) is 2. The van der Waals surface area contributed by atoms with E-state index in [1.165, 1.54) is 32.1 Å². The zero-order chi connectivity index (χ0) is 27.1. The smallest absolute Gasteiger partial charge is 0.409 e. The first-order chi connectivity index (χ1) is 18.2. The quantitative estimate of drug-likeness (QED) is 0.489. The molecule has 0 spiro atoms. The standard InChI is InChI=1S/C31H50N2O5/c1-21(4-9-28(36)32-14-16-33(17-15-32)29(37)38-19-18-34)25-7-8-26-24-6-5-22-20-23(35)10-12-30(22,2)27(24)11-13-31(25,26)3/h5,21,23-27,34-35H,4,6-20H2,1-3H3/t21-,23+,24+,25-,26+,27+,30+,31-/m1/s1. The Hall–Kier alpha value is -1.60. The van der Waals surface area contributed by atoms with Gasteiger partial charge in [0.15, 0.2) is 0 Å². The van der Waals surface area contributed by atoms with Crippen LogP contribution in [0.25, 0.3) is 0 Å². The lowest BCUT2D eigenvalue weighted by Gasteiger charge is -2.58. The SMILES string of the molecule is C[C@H](CCC(=O)N1CCN(C(=O)OCCO)CC1)[C@H]1CC[C@H]2[C@@H]3CC=C4C[C@@H](O)CC[C@]4(C)[C@H]3CC[C@]12C. The minimum absolute atomic E-state index is 0.0133. The summed E-state index contributed by atoms with van der Waals surface area (Å²) in [7, 11) is 0. The molecule has 214 valence electrons. The minimum Gasteiger partial charge on any atom is -0.447 e. The molecule has 1 heterocycles. The third-order valence-electron chi connectivity index (χ3n) is 11.9. The van der Waals surface area contributed by atoms with Crippen molar-refractivity contribution in [2.45, 2.75) is 91.1 Å². The summed E-state index contributed by atoms with van der Waals surface area (Å²) in [5.74, 6) is 3.76. The van der Waals surface area contributed by atoms with E-state index in [-0.39, 0.29) is 25.2 Å². The number of piperazine rings is 1. The Morgan fingerprint density at radius 2 is 1.79 bits per heavy atom. The van der Waals surface area contributed by atoms with Crippen molar-refractivity contribution in [3.63, 3.8) is 0 Å². The number of aliphatic hydroxyl groups is 2. The summed E-state index contributed by atoms with van der Waals surface area (Å²) in [6, 6.07) is 0. The summed E-state index contributed by atoms with van der Waals surface area (Å²) < 4.78 is 5.00. The number of nitrogens with zero attached hydrogens (tertiary/aromatic N) is 2. The molecular formula is C31H50N2O5. The van der Waals surface area contributed by atoms with E-state index in [9.17, 15) is 14.7 Å². The third kappa shape index (κ3) is 5.02. The van der Waals surface area contributed by atoms with Crippen LogP contribution >= 0.6 is 0 Å². The van der Waals surface area contributed by atoms with Gasteiger partial charge in [0, 0.05) is 32.6 Å². The fourth-order valence-corrected chi connectivity index (χ4v) is 9.69. The highest BCUT2D eigenvalue weighted by atomic mass is 16.6. The Kier molecular flexibility index (Phi) is 8.17. The second-order valence-electron chi connectivity index (χ2n) is 13.6. The Bertz CT molecular complexity index is 914. The summed E-state index contributed by atoms with van der Waals surface area (Å²) in [4.78, 5) is 28.6. The molecule has 3 saturated carbocycles. The zero-order valence-electron chi connectivity index (χ0n) is 23.9. The average molecular weight is 531 g/mol. The van der Waals surface area contributed by atoms with Gasteiger partial charge in [-0.05, 0) is 98.2 Å². The minimum atomic E-state index is -0.404. The van der Waals surface area contributed by atoms with Crippen molar-refractivity contribution in [1.82, 2.24) is 9.80 Å². The molecule has 4 fully saturated rings. The number of aliphatic hydroxyl groups excluding tert-OH is 2. The van der Waals surface area contributed by atoms with Crippen LogP contribution in [0.15, 0.2) is 11.6 Å². The molecule has 0 aromatic heterocycles. The molecule has 38 heavy (non-hydrogen) atoms. The maximum atomic E-state index is 13.0. The molecule has 1 aliphatic heterocycles. The number of amides is 2. The number of hydrogen-bond acceptors (Lipinski definition) is 5. The Balaban J connectivity index is 1.14. The molecule has 7 heteroatoms. The zero-order valence-corrected chi connectivity index (χ0v) is 23.9. The van der Waals surface area contributed by atoms with E-state index in [0.29, 0.717) is 55.3 Å². The van der Waals surface area contributed by atoms with E-state index >= 15 is 0 Å². The van der Waals surface area contributed by atoms with Crippen molar-refractivity contribution >= 4 is 12.0 Å². The summed E-state index contributed by atoms with van der Waals surface area (Å²) >= 11 is 0. The maximum absolute atomic E-state index is 13.0. The van der Waals surface area contributed by atoms with Crippen LogP contribution in [0, 0.1) is 40.4 Å². The molecule has 1 saturated heterocycles. The van der Waals surface area contributed by atoms with Crippen LogP contribution in [-0.4, -0.2) is 77.5 Å². The number of allylic oxidation sites excluding steroid dienone is 1. The van der Waals surface area contributed by atoms with E-state index in [1.54, 1.807) is 10.5 Å². The van der Waals surface area contributed by atoms with Crippen LogP contribution in [0.3, 0.4) is 0 Å². The molecule has 7 nitrogen and oxygen atoms in total. The normalized spacial score (nSPS) is 39.5. The van der Waals surface area contributed by atoms with Crippen molar-refractivity contribution in [3.8, 4) is 0 Å². The first kappa shape index (κ1) is 27.9. The third-order valence-corrected chi connectivity index (χ3v) is 11.9. The number of rotatable bonds is 6. The van der Waals surface area contributed by atoms with Crippen LogP contribution in [0.2, 0.25) is 0 Å². The van der Waals surface area contributed by atoms with Gasteiger partial charge in [0.05, 0.1) is 12.7 Å². The van der Waals surface area contributed by atoms with Crippen LogP contribution < -0.4 is 0 Å². The fourth-order valence-electron chi connectivity index (χ4n) is 9.69. The summed E-state index contributed by atoms with van der Waals surface area (Å²) in [6.45, 7) is 9.39. The topological polar surface area (TPSA) is 90.3 Å². The Morgan fingerprint density at radius 1 is 1.05 bits per heavy atom. The highest BCUT2D eigenvalue weighted by molar-refractivity contribution is 5.76. The number of carbonyl (C=O) groups is 2. The van der Waals surface area contributed by atoms with Gasteiger partial charge in [-0.1, -0.05) is 32.4 Å². The molecule has 0 aromatic carbocycles. The van der Waals surface area contributed by atoms with Crippen molar-refractivity contribution in [2.75, 3.05) is 39.4 Å². The van der Waals surface area contributed by atoms with E-state index in [4.69, 9.17) is 9.84 Å². The molecule has 2 amide bonds. The highest BCUT2D eigenvalue weighted by Gasteiger charge is 2.59. The predicted octanol–water partition coefficient (Wildman–Crippen LogP) is 4.62. The Morgan fingerprint density at radius 3 is 2.53 bits per heavy atom. The predicted molar refractivity (Wildman–Crippen MR) is 146 cm³/mol. The molecule has 4 aliphatic carbocycles. The summed E-state index contributed by atoms with van der Waals surface area (Å²) in [5, 5.41) is 19.1. The van der Waals surface area contributed by atoms with E-state index in [2.05, 4.69) is 26.8 Å². The lowest BCUT2D eigenvalue weighted by atomic mass is 9.47. The molecule has 0 unspecified atom stereocenters.